The molecule has 0 radical (unpaired) electrons. The van der Waals surface area contributed by atoms with Crippen LogP contribution in [0, 0.1) is 5.92 Å². The molecule has 1 aliphatic rings. The number of nitrogens with two attached hydrogens (primary N) is 1. The smallest absolute Gasteiger partial charge is 0.217 e. The molecule has 0 atom stereocenters. The Kier molecular flexibility index (Phi) is 3.40. The largest absolute Gasteiger partial charge is 0.370 e. The molecule has 11 heavy (non-hydrogen) atoms. The van der Waals surface area contributed by atoms with Crippen LogP contribution in [0.25, 0.3) is 0 Å². The van der Waals surface area contributed by atoms with E-state index in [1.165, 1.54) is 32.1 Å². The average Bonchev–Trinajstić information content (AvgIpc) is 2.03. The maximum Gasteiger partial charge on any atom is 0.217 e. The lowest BCUT2D eigenvalue weighted by molar-refractivity contribution is -0.118. The summed E-state index contributed by atoms with van der Waals surface area (Å²) in [6.45, 7) is 0. The summed E-state index contributed by atoms with van der Waals surface area (Å²) in [5.74, 6) is 0.645. The third kappa shape index (κ3) is 3.40. The molecule has 0 spiro atoms. The van der Waals surface area contributed by atoms with Crippen LogP contribution in [0.15, 0.2) is 0 Å². The topological polar surface area (TPSA) is 43.1 Å². The molecule has 1 aliphatic carbocycles. The van der Waals surface area contributed by atoms with Crippen molar-refractivity contribution >= 4 is 5.91 Å². The van der Waals surface area contributed by atoms with E-state index in [1.54, 1.807) is 0 Å². The molecule has 1 saturated carbocycles. The molecule has 0 aliphatic heterocycles. The van der Waals surface area contributed by atoms with E-state index in [4.69, 9.17) is 5.73 Å². The quantitative estimate of drug-likeness (QED) is 0.664. The van der Waals surface area contributed by atoms with Gasteiger partial charge in [0.1, 0.15) is 0 Å². The van der Waals surface area contributed by atoms with Crippen molar-refractivity contribution in [2.75, 3.05) is 0 Å². The van der Waals surface area contributed by atoms with Crippen molar-refractivity contribution in [3.05, 3.63) is 0 Å². The van der Waals surface area contributed by atoms with Crippen LogP contribution in [0.4, 0.5) is 0 Å². The lowest BCUT2D eigenvalue weighted by atomic mass is 9.86. The zero-order valence-electron chi connectivity index (χ0n) is 7.01. The van der Waals surface area contributed by atoms with Gasteiger partial charge >= 0.3 is 0 Å². The second kappa shape index (κ2) is 4.37. The van der Waals surface area contributed by atoms with Gasteiger partial charge in [-0.2, -0.15) is 0 Å². The molecular formula is C9H17NO. The molecule has 1 amide bonds. The number of rotatable bonds is 3. The van der Waals surface area contributed by atoms with Gasteiger partial charge in [0, 0.05) is 6.42 Å². The van der Waals surface area contributed by atoms with Gasteiger partial charge < -0.3 is 5.73 Å². The third-order valence-electron chi connectivity index (χ3n) is 2.52. The maximum atomic E-state index is 10.5. The highest BCUT2D eigenvalue weighted by atomic mass is 16.1. The molecule has 0 aromatic carbocycles. The van der Waals surface area contributed by atoms with Crippen LogP contribution in [0.3, 0.4) is 0 Å². The Morgan fingerprint density at radius 2 is 1.91 bits per heavy atom. The van der Waals surface area contributed by atoms with E-state index in [0.29, 0.717) is 6.42 Å². The molecule has 0 heterocycles. The summed E-state index contributed by atoms with van der Waals surface area (Å²) >= 11 is 0. The summed E-state index contributed by atoms with van der Waals surface area (Å²) in [6, 6.07) is 0. The Morgan fingerprint density at radius 3 is 2.45 bits per heavy atom. The Morgan fingerprint density at radius 1 is 1.27 bits per heavy atom. The van der Waals surface area contributed by atoms with E-state index >= 15 is 0 Å². The number of hydrogen-bond acceptors (Lipinski definition) is 1. The van der Waals surface area contributed by atoms with Crippen LogP contribution in [-0.4, -0.2) is 5.91 Å². The van der Waals surface area contributed by atoms with Crippen molar-refractivity contribution in [3.63, 3.8) is 0 Å². The summed E-state index contributed by atoms with van der Waals surface area (Å²) in [6.07, 6.45) is 8.32. The molecule has 1 fully saturated rings. The van der Waals surface area contributed by atoms with Gasteiger partial charge in [-0.15, -0.1) is 0 Å². The SMILES string of the molecule is NC(=O)CCC1CCCCC1. The fraction of sp³-hybridized carbons (Fsp3) is 0.889. The van der Waals surface area contributed by atoms with Gasteiger partial charge in [0.05, 0.1) is 0 Å². The van der Waals surface area contributed by atoms with Crippen molar-refractivity contribution < 1.29 is 4.79 Å². The summed E-state index contributed by atoms with van der Waals surface area (Å²) in [5, 5.41) is 0. The van der Waals surface area contributed by atoms with E-state index in [-0.39, 0.29) is 5.91 Å². The fourth-order valence-corrected chi connectivity index (χ4v) is 1.82. The first-order chi connectivity index (χ1) is 5.29. The average molecular weight is 155 g/mol. The first kappa shape index (κ1) is 8.57. The summed E-state index contributed by atoms with van der Waals surface area (Å²) in [5.41, 5.74) is 5.07. The lowest BCUT2D eigenvalue weighted by Gasteiger charge is -2.20. The minimum absolute atomic E-state index is 0.143. The predicted octanol–water partition coefficient (Wildman–Crippen LogP) is 1.83. The Bertz CT molecular complexity index is 128. The summed E-state index contributed by atoms with van der Waals surface area (Å²) in [7, 11) is 0. The maximum absolute atomic E-state index is 10.5. The molecular weight excluding hydrogens is 138 g/mol. The molecule has 0 unspecified atom stereocenters. The van der Waals surface area contributed by atoms with Crippen LogP contribution in [-0.2, 0) is 4.79 Å². The van der Waals surface area contributed by atoms with Crippen LogP contribution in [0.5, 0.6) is 0 Å². The van der Waals surface area contributed by atoms with E-state index < -0.39 is 0 Å². The Labute approximate surface area is 68.2 Å². The third-order valence-corrected chi connectivity index (χ3v) is 2.52. The van der Waals surface area contributed by atoms with Crippen LogP contribution in [0.1, 0.15) is 44.9 Å². The zero-order valence-corrected chi connectivity index (χ0v) is 7.01. The molecule has 0 saturated heterocycles. The normalized spacial score (nSPS) is 20.0. The van der Waals surface area contributed by atoms with Gasteiger partial charge in [0.2, 0.25) is 5.91 Å². The monoisotopic (exact) mass is 155 g/mol. The van der Waals surface area contributed by atoms with Crippen LogP contribution >= 0.6 is 0 Å². The van der Waals surface area contributed by atoms with Gasteiger partial charge in [-0.05, 0) is 12.3 Å². The zero-order chi connectivity index (χ0) is 8.10. The van der Waals surface area contributed by atoms with Gasteiger partial charge in [-0.1, -0.05) is 32.1 Å². The van der Waals surface area contributed by atoms with E-state index in [1.807, 2.05) is 0 Å². The van der Waals surface area contributed by atoms with Gasteiger partial charge in [0.25, 0.3) is 0 Å². The first-order valence-corrected chi connectivity index (χ1v) is 4.57. The number of hydrogen-bond donors (Lipinski definition) is 1. The molecule has 1 rings (SSSR count). The summed E-state index contributed by atoms with van der Waals surface area (Å²) < 4.78 is 0. The van der Waals surface area contributed by atoms with Gasteiger partial charge in [-0.3, -0.25) is 4.79 Å². The second-order valence-corrected chi connectivity index (χ2v) is 3.51. The molecule has 0 bridgehead atoms. The lowest BCUT2D eigenvalue weighted by Crippen LogP contribution is -2.14. The van der Waals surface area contributed by atoms with Crippen LogP contribution < -0.4 is 5.73 Å². The van der Waals surface area contributed by atoms with Crippen LogP contribution in [0.2, 0.25) is 0 Å². The number of carbonyl (C=O) groups excluding carboxylic acids is 1. The number of amides is 1. The highest BCUT2D eigenvalue weighted by Crippen LogP contribution is 2.26. The van der Waals surface area contributed by atoms with E-state index in [0.717, 1.165) is 12.3 Å². The van der Waals surface area contributed by atoms with Gasteiger partial charge in [-0.25, -0.2) is 0 Å². The number of primary amides is 1. The highest BCUT2D eigenvalue weighted by molar-refractivity contribution is 5.73. The standard InChI is InChI=1S/C9H17NO/c10-9(11)7-6-8-4-2-1-3-5-8/h8H,1-7H2,(H2,10,11). The minimum Gasteiger partial charge on any atom is -0.370 e. The van der Waals surface area contributed by atoms with E-state index in [2.05, 4.69) is 0 Å². The highest BCUT2D eigenvalue weighted by Gasteiger charge is 2.13. The first-order valence-electron chi connectivity index (χ1n) is 4.57. The van der Waals surface area contributed by atoms with Crippen molar-refractivity contribution in [1.82, 2.24) is 0 Å². The molecule has 2 heteroatoms. The van der Waals surface area contributed by atoms with Crippen molar-refractivity contribution in [3.8, 4) is 0 Å². The van der Waals surface area contributed by atoms with Gasteiger partial charge in [0.15, 0.2) is 0 Å². The summed E-state index contributed by atoms with van der Waals surface area (Å²) in [4.78, 5) is 10.5. The van der Waals surface area contributed by atoms with Crippen molar-refractivity contribution in [2.45, 2.75) is 44.9 Å². The minimum atomic E-state index is -0.143. The Hall–Kier alpha value is -0.530. The molecule has 2 nitrogen and oxygen atoms in total. The van der Waals surface area contributed by atoms with E-state index in [9.17, 15) is 4.79 Å². The molecule has 64 valence electrons. The predicted molar refractivity (Wildman–Crippen MR) is 45.0 cm³/mol. The number of carbonyl (C=O) groups is 1. The second-order valence-electron chi connectivity index (χ2n) is 3.51. The van der Waals surface area contributed by atoms with Crippen molar-refractivity contribution in [1.29, 1.82) is 0 Å². The van der Waals surface area contributed by atoms with Crippen molar-refractivity contribution in [2.24, 2.45) is 11.7 Å². The fourth-order valence-electron chi connectivity index (χ4n) is 1.82. The molecule has 0 aromatic rings. The molecule has 0 aromatic heterocycles. The molecule has 2 N–H and O–H groups in total. The Balaban J connectivity index is 2.09.